The van der Waals surface area contributed by atoms with Gasteiger partial charge >= 0.3 is 0 Å². The number of hydrogen-bond acceptors (Lipinski definition) is 3. The summed E-state index contributed by atoms with van der Waals surface area (Å²) in [6.45, 7) is 7.17. The van der Waals surface area contributed by atoms with Crippen molar-refractivity contribution in [2.45, 2.75) is 33.2 Å². The van der Waals surface area contributed by atoms with Crippen LogP contribution in [0.3, 0.4) is 0 Å². The van der Waals surface area contributed by atoms with E-state index in [4.69, 9.17) is 9.47 Å². The normalized spacial score (nSPS) is 11.6. The quantitative estimate of drug-likeness (QED) is 0.800. The molecule has 0 radical (unpaired) electrons. The molecule has 4 heteroatoms. The average molecular weight is 327 g/mol. The number of carbonyl (C=O) groups excluding carboxylic acids is 1. The van der Waals surface area contributed by atoms with Crippen molar-refractivity contribution < 1.29 is 14.3 Å². The Morgan fingerprint density at radius 2 is 1.42 bits per heavy atom. The Kier molecular flexibility index (Phi) is 6.67. The third-order valence-corrected chi connectivity index (χ3v) is 3.67. The van der Waals surface area contributed by atoms with E-state index in [0.717, 1.165) is 22.6 Å². The third-order valence-electron chi connectivity index (χ3n) is 3.67. The maximum absolute atomic E-state index is 12.2. The number of nitrogens with one attached hydrogen (secondary N) is 1. The first-order valence-corrected chi connectivity index (χ1v) is 8.36. The molecule has 2 aromatic rings. The molecule has 4 nitrogen and oxygen atoms in total. The third kappa shape index (κ3) is 5.30. The fourth-order valence-corrected chi connectivity index (χ4v) is 2.45. The van der Waals surface area contributed by atoms with E-state index >= 15 is 0 Å². The van der Waals surface area contributed by atoms with E-state index in [1.54, 1.807) is 0 Å². The first-order valence-electron chi connectivity index (χ1n) is 8.36. The average Bonchev–Trinajstić information content (AvgIpc) is 2.58. The minimum atomic E-state index is -0.0455. The molecular formula is C20H25NO3. The smallest absolute Gasteiger partial charge is 0.224 e. The molecule has 2 rings (SSSR count). The molecular weight excluding hydrogens is 302 g/mol. The summed E-state index contributed by atoms with van der Waals surface area (Å²) in [5, 5.41) is 3.02. The minimum Gasteiger partial charge on any atom is -0.494 e. The van der Waals surface area contributed by atoms with Crippen LogP contribution in [0.4, 0.5) is 0 Å². The second-order valence-corrected chi connectivity index (χ2v) is 5.54. The standard InChI is InChI=1S/C20H25NO3/c1-4-23-18-10-6-16(7-11-18)14-20(22)21-15(3)17-8-12-19(13-9-17)24-5-2/h6-13,15H,4-5,14H2,1-3H3,(H,21,22). The van der Waals surface area contributed by atoms with Crippen LogP contribution in [-0.4, -0.2) is 19.1 Å². The van der Waals surface area contributed by atoms with Gasteiger partial charge in [0.1, 0.15) is 11.5 Å². The fourth-order valence-electron chi connectivity index (χ4n) is 2.45. The lowest BCUT2D eigenvalue weighted by atomic mass is 10.1. The zero-order valence-corrected chi connectivity index (χ0v) is 14.5. The molecule has 1 atom stereocenters. The van der Waals surface area contributed by atoms with Gasteiger partial charge in [-0.25, -0.2) is 0 Å². The Morgan fingerprint density at radius 3 is 1.92 bits per heavy atom. The van der Waals surface area contributed by atoms with E-state index < -0.39 is 0 Å². The van der Waals surface area contributed by atoms with Crippen molar-refractivity contribution in [3.05, 3.63) is 59.7 Å². The zero-order chi connectivity index (χ0) is 17.4. The van der Waals surface area contributed by atoms with E-state index in [2.05, 4.69) is 5.32 Å². The Labute approximate surface area is 143 Å². The van der Waals surface area contributed by atoms with E-state index in [0.29, 0.717) is 19.6 Å². The van der Waals surface area contributed by atoms with Gasteiger partial charge in [0.15, 0.2) is 0 Å². The second kappa shape index (κ2) is 8.96. The van der Waals surface area contributed by atoms with Gasteiger partial charge in [0.05, 0.1) is 25.7 Å². The van der Waals surface area contributed by atoms with Crippen molar-refractivity contribution in [2.24, 2.45) is 0 Å². The second-order valence-electron chi connectivity index (χ2n) is 5.54. The highest BCUT2D eigenvalue weighted by molar-refractivity contribution is 5.79. The molecule has 1 unspecified atom stereocenters. The molecule has 0 saturated carbocycles. The van der Waals surface area contributed by atoms with E-state index in [9.17, 15) is 4.79 Å². The molecule has 0 bridgehead atoms. The molecule has 0 spiro atoms. The summed E-state index contributed by atoms with van der Waals surface area (Å²) in [6, 6.07) is 15.4. The summed E-state index contributed by atoms with van der Waals surface area (Å²) in [5.74, 6) is 1.67. The molecule has 0 aliphatic rings. The number of benzene rings is 2. The zero-order valence-electron chi connectivity index (χ0n) is 14.5. The highest BCUT2D eigenvalue weighted by Crippen LogP contribution is 2.18. The SMILES string of the molecule is CCOc1ccc(CC(=O)NC(C)c2ccc(OCC)cc2)cc1. The Balaban J connectivity index is 1.88. The van der Waals surface area contributed by atoms with E-state index in [-0.39, 0.29) is 11.9 Å². The van der Waals surface area contributed by atoms with Crippen molar-refractivity contribution in [2.75, 3.05) is 13.2 Å². The van der Waals surface area contributed by atoms with Gasteiger partial charge in [-0.05, 0) is 56.2 Å². The minimum absolute atomic E-state index is 0.000504. The lowest BCUT2D eigenvalue weighted by Gasteiger charge is -2.15. The molecule has 0 heterocycles. The summed E-state index contributed by atoms with van der Waals surface area (Å²) < 4.78 is 10.8. The summed E-state index contributed by atoms with van der Waals surface area (Å²) >= 11 is 0. The van der Waals surface area contributed by atoms with Crippen molar-refractivity contribution in [1.29, 1.82) is 0 Å². The highest BCUT2D eigenvalue weighted by atomic mass is 16.5. The lowest BCUT2D eigenvalue weighted by molar-refractivity contribution is -0.121. The molecule has 1 N–H and O–H groups in total. The van der Waals surface area contributed by atoms with Gasteiger partial charge in [-0.15, -0.1) is 0 Å². The summed E-state index contributed by atoms with van der Waals surface area (Å²) in [7, 11) is 0. The van der Waals surface area contributed by atoms with Crippen molar-refractivity contribution >= 4 is 5.91 Å². The molecule has 0 aromatic heterocycles. The molecule has 0 aliphatic heterocycles. The lowest BCUT2D eigenvalue weighted by Crippen LogP contribution is -2.28. The van der Waals surface area contributed by atoms with Gasteiger partial charge in [0.25, 0.3) is 0 Å². The van der Waals surface area contributed by atoms with Gasteiger partial charge in [0.2, 0.25) is 5.91 Å². The molecule has 0 saturated heterocycles. The Morgan fingerprint density at radius 1 is 0.917 bits per heavy atom. The van der Waals surface area contributed by atoms with Crippen LogP contribution in [0, 0.1) is 0 Å². The van der Waals surface area contributed by atoms with Crippen LogP contribution in [0.15, 0.2) is 48.5 Å². The van der Waals surface area contributed by atoms with Crippen molar-refractivity contribution in [3.63, 3.8) is 0 Å². The topological polar surface area (TPSA) is 47.6 Å². The largest absolute Gasteiger partial charge is 0.494 e. The monoisotopic (exact) mass is 327 g/mol. The first kappa shape index (κ1) is 17.9. The molecule has 1 amide bonds. The van der Waals surface area contributed by atoms with Crippen LogP contribution in [0.1, 0.15) is 37.9 Å². The van der Waals surface area contributed by atoms with Gasteiger partial charge in [0, 0.05) is 0 Å². The summed E-state index contributed by atoms with van der Waals surface area (Å²) in [6.07, 6.45) is 0.355. The van der Waals surface area contributed by atoms with Crippen LogP contribution in [-0.2, 0) is 11.2 Å². The number of rotatable bonds is 8. The number of hydrogen-bond donors (Lipinski definition) is 1. The fraction of sp³-hybridized carbons (Fsp3) is 0.350. The van der Waals surface area contributed by atoms with Crippen LogP contribution >= 0.6 is 0 Å². The molecule has 2 aromatic carbocycles. The highest BCUT2D eigenvalue weighted by Gasteiger charge is 2.10. The number of amides is 1. The molecule has 24 heavy (non-hydrogen) atoms. The maximum atomic E-state index is 12.2. The molecule has 128 valence electrons. The number of ether oxygens (including phenoxy) is 2. The van der Waals surface area contributed by atoms with Crippen molar-refractivity contribution in [3.8, 4) is 11.5 Å². The predicted molar refractivity (Wildman–Crippen MR) is 95.5 cm³/mol. The number of carbonyl (C=O) groups is 1. The Bertz CT molecular complexity index is 635. The van der Waals surface area contributed by atoms with Crippen LogP contribution < -0.4 is 14.8 Å². The van der Waals surface area contributed by atoms with Gasteiger partial charge < -0.3 is 14.8 Å². The predicted octanol–water partition coefficient (Wildman–Crippen LogP) is 3.90. The Hall–Kier alpha value is -2.49. The van der Waals surface area contributed by atoms with E-state index in [1.165, 1.54) is 0 Å². The van der Waals surface area contributed by atoms with Crippen LogP contribution in [0.25, 0.3) is 0 Å². The summed E-state index contributed by atoms with van der Waals surface area (Å²) in [4.78, 5) is 12.2. The first-order chi connectivity index (χ1) is 11.6. The van der Waals surface area contributed by atoms with Crippen molar-refractivity contribution in [1.82, 2.24) is 5.32 Å². The maximum Gasteiger partial charge on any atom is 0.224 e. The van der Waals surface area contributed by atoms with E-state index in [1.807, 2.05) is 69.3 Å². The molecule has 0 fully saturated rings. The van der Waals surface area contributed by atoms with Gasteiger partial charge in [-0.1, -0.05) is 24.3 Å². The van der Waals surface area contributed by atoms with Crippen LogP contribution in [0.2, 0.25) is 0 Å². The molecule has 0 aliphatic carbocycles. The summed E-state index contributed by atoms with van der Waals surface area (Å²) in [5.41, 5.74) is 2.02. The van der Waals surface area contributed by atoms with Gasteiger partial charge in [-0.2, -0.15) is 0 Å². The van der Waals surface area contributed by atoms with Gasteiger partial charge in [-0.3, -0.25) is 4.79 Å². The van der Waals surface area contributed by atoms with Crippen LogP contribution in [0.5, 0.6) is 11.5 Å².